The summed E-state index contributed by atoms with van der Waals surface area (Å²) in [4.78, 5) is 0.0315. The van der Waals surface area contributed by atoms with Crippen molar-refractivity contribution in [2.75, 3.05) is 24.6 Å². The molecular weight excluding hydrogens is 382 g/mol. The first-order chi connectivity index (χ1) is 9.59. The smallest absolute Gasteiger partial charge is 0.240 e. The van der Waals surface area contributed by atoms with E-state index < -0.39 is 20.0 Å². The van der Waals surface area contributed by atoms with Gasteiger partial charge >= 0.3 is 0 Å². The van der Waals surface area contributed by atoms with E-state index in [9.17, 15) is 16.8 Å². The summed E-state index contributed by atoms with van der Waals surface area (Å²) in [5.41, 5.74) is 6.48. The fourth-order valence-electron chi connectivity index (χ4n) is 1.64. The lowest BCUT2D eigenvalue weighted by molar-refractivity contribution is 0.576. The second-order valence-corrected chi connectivity index (χ2v) is 8.87. The molecule has 0 aliphatic heterocycles. The number of benzene rings is 1. The Bertz CT molecular complexity index is 717. The Kier molecular flexibility index (Phi) is 6.17. The van der Waals surface area contributed by atoms with Crippen LogP contribution in [0, 0.1) is 6.92 Å². The number of sulfonamides is 2. The van der Waals surface area contributed by atoms with Crippen LogP contribution in [-0.2, 0) is 20.0 Å². The minimum absolute atomic E-state index is 0.0315. The van der Waals surface area contributed by atoms with Gasteiger partial charge in [-0.05, 0) is 40.5 Å². The largest absolute Gasteiger partial charge is 0.398 e. The van der Waals surface area contributed by atoms with Crippen molar-refractivity contribution < 1.29 is 16.8 Å². The zero-order chi connectivity index (χ0) is 16.3. The molecule has 0 unspecified atom stereocenters. The van der Waals surface area contributed by atoms with Crippen LogP contribution in [-0.4, -0.2) is 35.7 Å². The number of halogens is 1. The van der Waals surface area contributed by atoms with Crippen molar-refractivity contribution in [2.45, 2.75) is 18.7 Å². The van der Waals surface area contributed by atoms with Crippen molar-refractivity contribution in [1.82, 2.24) is 9.44 Å². The molecule has 0 saturated carbocycles. The fourth-order valence-corrected chi connectivity index (χ4v) is 4.47. The first-order valence-corrected chi connectivity index (χ1v) is 10.0. The highest BCUT2D eigenvalue weighted by atomic mass is 79.9. The van der Waals surface area contributed by atoms with Crippen LogP contribution in [0.5, 0.6) is 0 Å². The predicted octanol–water partition coefficient (Wildman–Crippen LogP) is 0.557. The van der Waals surface area contributed by atoms with Gasteiger partial charge in [-0.3, -0.25) is 0 Å². The average Bonchev–Trinajstić information content (AvgIpc) is 2.32. The summed E-state index contributed by atoms with van der Waals surface area (Å²) in [6.45, 7) is 3.33. The Hall–Kier alpha value is -0.680. The van der Waals surface area contributed by atoms with Crippen LogP contribution in [0.2, 0.25) is 0 Å². The maximum Gasteiger partial charge on any atom is 0.240 e. The van der Waals surface area contributed by atoms with Crippen LogP contribution in [0.25, 0.3) is 0 Å². The van der Waals surface area contributed by atoms with Gasteiger partial charge in [0.15, 0.2) is 0 Å². The van der Waals surface area contributed by atoms with Gasteiger partial charge in [0.05, 0.1) is 10.6 Å². The Balaban J connectivity index is 2.86. The number of hydrogen-bond acceptors (Lipinski definition) is 5. The van der Waals surface area contributed by atoms with Crippen molar-refractivity contribution in [3.63, 3.8) is 0 Å². The summed E-state index contributed by atoms with van der Waals surface area (Å²) in [6.07, 6.45) is 0. The lowest BCUT2D eigenvalue weighted by Gasteiger charge is -2.11. The average molecular weight is 400 g/mol. The molecule has 0 amide bonds. The van der Waals surface area contributed by atoms with Crippen molar-refractivity contribution in [3.05, 3.63) is 22.2 Å². The van der Waals surface area contributed by atoms with E-state index in [2.05, 4.69) is 25.4 Å². The van der Waals surface area contributed by atoms with Crippen molar-refractivity contribution in [3.8, 4) is 0 Å². The van der Waals surface area contributed by atoms with E-state index in [0.717, 1.165) is 0 Å². The molecule has 1 aromatic carbocycles. The molecule has 0 fully saturated rings. The van der Waals surface area contributed by atoms with Crippen LogP contribution in [0.1, 0.15) is 12.5 Å². The molecule has 0 radical (unpaired) electrons. The summed E-state index contributed by atoms with van der Waals surface area (Å²) >= 11 is 3.22. The van der Waals surface area contributed by atoms with E-state index in [0.29, 0.717) is 15.7 Å². The van der Waals surface area contributed by atoms with E-state index in [1.165, 1.54) is 6.07 Å². The third-order valence-electron chi connectivity index (χ3n) is 2.61. The van der Waals surface area contributed by atoms with Gasteiger partial charge in [0.25, 0.3) is 0 Å². The molecule has 0 saturated heterocycles. The number of aryl methyl sites for hydroxylation is 1. The molecule has 1 rings (SSSR count). The molecule has 0 spiro atoms. The Morgan fingerprint density at radius 3 is 2.38 bits per heavy atom. The van der Waals surface area contributed by atoms with Gasteiger partial charge < -0.3 is 5.73 Å². The van der Waals surface area contributed by atoms with E-state index >= 15 is 0 Å². The maximum absolute atomic E-state index is 12.2. The van der Waals surface area contributed by atoms with E-state index in [1.54, 1.807) is 19.9 Å². The molecule has 0 aromatic heterocycles. The Morgan fingerprint density at radius 2 is 1.81 bits per heavy atom. The van der Waals surface area contributed by atoms with Gasteiger partial charge in [-0.25, -0.2) is 26.3 Å². The molecule has 21 heavy (non-hydrogen) atoms. The standard InChI is InChI=1S/C11H18BrN3O4S2/c1-3-14-20(16,17)5-4-15-21(18,19)11-7-10(13)9(12)6-8(11)2/h6-7,14-15H,3-5,13H2,1-2H3. The first-order valence-electron chi connectivity index (χ1n) is 6.11. The zero-order valence-corrected chi connectivity index (χ0v) is 14.9. The number of anilines is 1. The predicted molar refractivity (Wildman–Crippen MR) is 85.9 cm³/mol. The molecule has 1 aromatic rings. The highest BCUT2D eigenvalue weighted by molar-refractivity contribution is 9.10. The lowest BCUT2D eigenvalue weighted by atomic mass is 10.2. The number of nitrogens with two attached hydrogens (primary N) is 1. The molecular formula is C11H18BrN3O4S2. The topological polar surface area (TPSA) is 118 Å². The van der Waals surface area contributed by atoms with Crippen molar-refractivity contribution in [2.24, 2.45) is 0 Å². The van der Waals surface area contributed by atoms with Gasteiger partial charge in [0.1, 0.15) is 0 Å². The minimum Gasteiger partial charge on any atom is -0.398 e. The quantitative estimate of drug-likeness (QED) is 0.578. The SMILES string of the molecule is CCNS(=O)(=O)CCNS(=O)(=O)c1cc(N)c(Br)cc1C. The van der Waals surface area contributed by atoms with Crippen LogP contribution < -0.4 is 15.2 Å². The van der Waals surface area contributed by atoms with E-state index in [-0.39, 0.29) is 23.7 Å². The number of nitrogens with one attached hydrogen (secondary N) is 2. The summed E-state index contributed by atoms with van der Waals surface area (Å²) in [5, 5.41) is 0. The van der Waals surface area contributed by atoms with Gasteiger partial charge in [0, 0.05) is 23.2 Å². The normalized spacial score (nSPS) is 12.5. The Morgan fingerprint density at radius 1 is 1.19 bits per heavy atom. The molecule has 120 valence electrons. The summed E-state index contributed by atoms with van der Waals surface area (Å²) in [6, 6.07) is 2.93. The third-order valence-corrected chi connectivity index (χ3v) is 6.37. The second kappa shape index (κ2) is 7.05. The highest BCUT2D eigenvalue weighted by Crippen LogP contribution is 2.26. The maximum atomic E-state index is 12.2. The van der Waals surface area contributed by atoms with Gasteiger partial charge in [-0.2, -0.15) is 0 Å². The summed E-state index contributed by atoms with van der Waals surface area (Å²) < 4.78 is 52.4. The van der Waals surface area contributed by atoms with Gasteiger partial charge in [-0.15, -0.1) is 0 Å². The highest BCUT2D eigenvalue weighted by Gasteiger charge is 2.19. The second-order valence-electron chi connectivity index (χ2n) is 4.35. The van der Waals surface area contributed by atoms with Crippen LogP contribution in [0.15, 0.2) is 21.5 Å². The lowest BCUT2D eigenvalue weighted by Crippen LogP contribution is -2.34. The summed E-state index contributed by atoms with van der Waals surface area (Å²) in [7, 11) is -7.28. The minimum atomic E-state index is -3.81. The molecule has 0 heterocycles. The van der Waals surface area contributed by atoms with E-state index in [1.807, 2.05) is 0 Å². The molecule has 7 nitrogen and oxygen atoms in total. The van der Waals surface area contributed by atoms with Crippen LogP contribution >= 0.6 is 15.9 Å². The fraction of sp³-hybridized carbons (Fsp3) is 0.455. The van der Waals surface area contributed by atoms with Crippen molar-refractivity contribution in [1.29, 1.82) is 0 Å². The molecule has 0 aliphatic rings. The third kappa shape index (κ3) is 5.22. The molecule has 4 N–H and O–H groups in total. The number of hydrogen-bond donors (Lipinski definition) is 3. The molecule has 0 aliphatic carbocycles. The monoisotopic (exact) mass is 399 g/mol. The summed E-state index contributed by atoms with van der Waals surface area (Å²) in [5.74, 6) is -0.328. The molecule has 0 atom stereocenters. The van der Waals surface area contributed by atoms with Gasteiger partial charge in [0.2, 0.25) is 20.0 Å². The van der Waals surface area contributed by atoms with Crippen LogP contribution in [0.4, 0.5) is 5.69 Å². The number of rotatable bonds is 7. The molecule has 10 heteroatoms. The first kappa shape index (κ1) is 18.4. The molecule has 0 bridgehead atoms. The zero-order valence-electron chi connectivity index (χ0n) is 11.7. The van der Waals surface area contributed by atoms with Gasteiger partial charge in [-0.1, -0.05) is 6.92 Å². The van der Waals surface area contributed by atoms with Crippen LogP contribution in [0.3, 0.4) is 0 Å². The van der Waals surface area contributed by atoms with E-state index in [4.69, 9.17) is 5.73 Å². The Labute approximate surface area is 133 Å². The number of nitrogen functional groups attached to an aromatic ring is 1. The van der Waals surface area contributed by atoms with Crippen molar-refractivity contribution >= 4 is 41.7 Å².